The van der Waals surface area contributed by atoms with Crippen LogP contribution in [-0.4, -0.2) is 29.1 Å². The Balaban J connectivity index is 2.15. The van der Waals surface area contributed by atoms with E-state index in [0.717, 1.165) is 18.8 Å². The molecule has 2 aliphatic rings. The van der Waals surface area contributed by atoms with Crippen LogP contribution in [0.1, 0.15) is 66.7 Å². The third kappa shape index (κ3) is 2.61. The molecule has 2 rings (SSSR count). The largest absolute Gasteiger partial charge is 0.323 e. The molecule has 6 atom stereocenters. The number of nitrogens with one attached hydrogen (secondary N) is 1. The van der Waals surface area contributed by atoms with Gasteiger partial charge in [-0.1, -0.05) is 47.5 Å². The lowest BCUT2D eigenvalue weighted by molar-refractivity contribution is -0.134. The van der Waals surface area contributed by atoms with E-state index in [1.807, 2.05) is 0 Å². The SMILES string of the molecule is CCC(C)C1NC(CC)N(C2CCC(CC)C2C)C1=O. The van der Waals surface area contributed by atoms with Crippen molar-refractivity contribution in [3.05, 3.63) is 0 Å². The molecule has 1 heterocycles. The van der Waals surface area contributed by atoms with E-state index in [1.54, 1.807) is 0 Å². The molecule has 1 amide bonds. The van der Waals surface area contributed by atoms with Crippen molar-refractivity contribution in [2.45, 2.75) is 85.0 Å². The van der Waals surface area contributed by atoms with Crippen molar-refractivity contribution in [1.82, 2.24) is 10.2 Å². The molecule has 0 aromatic rings. The summed E-state index contributed by atoms with van der Waals surface area (Å²) >= 11 is 0. The maximum Gasteiger partial charge on any atom is 0.241 e. The van der Waals surface area contributed by atoms with Crippen molar-refractivity contribution in [1.29, 1.82) is 0 Å². The maximum atomic E-state index is 12.9. The van der Waals surface area contributed by atoms with Crippen LogP contribution in [0.2, 0.25) is 0 Å². The van der Waals surface area contributed by atoms with Crippen molar-refractivity contribution in [2.24, 2.45) is 17.8 Å². The van der Waals surface area contributed by atoms with Crippen LogP contribution in [0.4, 0.5) is 0 Å². The van der Waals surface area contributed by atoms with Crippen molar-refractivity contribution >= 4 is 5.91 Å². The Bertz CT molecular complexity index is 344. The molecule has 1 saturated carbocycles. The molecule has 2 fully saturated rings. The molecule has 0 bridgehead atoms. The predicted octanol–water partition coefficient (Wildman–Crippen LogP) is 3.39. The lowest BCUT2D eigenvalue weighted by Crippen LogP contribution is -2.46. The minimum absolute atomic E-state index is 0.0397. The van der Waals surface area contributed by atoms with Gasteiger partial charge in [-0.3, -0.25) is 10.1 Å². The Labute approximate surface area is 124 Å². The summed E-state index contributed by atoms with van der Waals surface area (Å²) in [6.45, 7) is 11.2. The van der Waals surface area contributed by atoms with Gasteiger partial charge in [-0.25, -0.2) is 0 Å². The van der Waals surface area contributed by atoms with Gasteiger partial charge >= 0.3 is 0 Å². The second-order valence-electron chi connectivity index (χ2n) is 6.87. The summed E-state index contributed by atoms with van der Waals surface area (Å²) in [7, 11) is 0. The van der Waals surface area contributed by atoms with E-state index in [0.29, 0.717) is 23.8 Å². The molecule has 1 N–H and O–H groups in total. The molecule has 6 unspecified atom stereocenters. The van der Waals surface area contributed by atoms with Crippen LogP contribution < -0.4 is 5.32 Å². The van der Waals surface area contributed by atoms with Crippen LogP contribution in [0, 0.1) is 17.8 Å². The summed E-state index contributed by atoms with van der Waals surface area (Å²) in [4.78, 5) is 15.1. The monoisotopic (exact) mass is 280 g/mol. The second kappa shape index (κ2) is 6.46. The van der Waals surface area contributed by atoms with Gasteiger partial charge in [-0.05, 0) is 37.0 Å². The zero-order chi connectivity index (χ0) is 14.9. The Morgan fingerprint density at radius 3 is 2.45 bits per heavy atom. The fourth-order valence-corrected chi connectivity index (χ4v) is 4.22. The van der Waals surface area contributed by atoms with E-state index in [-0.39, 0.29) is 12.2 Å². The van der Waals surface area contributed by atoms with Gasteiger partial charge in [0.1, 0.15) is 0 Å². The van der Waals surface area contributed by atoms with Gasteiger partial charge in [0.2, 0.25) is 5.91 Å². The van der Waals surface area contributed by atoms with E-state index >= 15 is 0 Å². The summed E-state index contributed by atoms with van der Waals surface area (Å²) in [5.41, 5.74) is 0. The Kier molecular flexibility index (Phi) is 5.11. The number of hydrogen-bond acceptors (Lipinski definition) is 2. The first-order valence-electron chi connectivity index (χ1n) is 8.63. The molecular formula is C17H32N2O. The molecule has 0 radical (unpaired) electrons. The van der Waals surface area contributed by atoms with Gasteiger partial charge in [-0.15, -0.1) is 0 Å². The molecule has 3 heteroatoms. The molecule has 1 aliphatic heterocycles. The molecule has 3 nitrogen and oxygen atoms in total. The summed E-state index contributed by atoms with van der Waals surface area (Å²) in [6.07, 6.45) is 6.06. The highest BCUT2D eigenvalue weighted by Crippen LogP contribution is 2.39. The van der Waals surface area contributed by atoms with Crippen LogP contribution in [-0.2, 0) is 4.79 Å². The van der Waals surface area contributed by atoms with Crippen LogP contribution >= 0.6 is 0 Å². The van der Waals surface area contributed by atoms with Crippen molar-refractivity contribution in [3.8, 4) is 0 Å². The van der Waals surface area contributed by atoms with Gasteiger partial charge < -0.3 is 4.90 Å². The molecular weight excluding hydrogens is 248 g/mol. The lowest BCUT2D eigenvalue weighted by atomic mass is 9.92. The minimum atomic E-state index is 0.0397. The first-order valence-corrected chi connectivity index (χ1v) is 8.63. The Morgan fingerprint density at radius 2 is 1.95 bits per heavy atom. The van der Waals surface area contributed by atoms with Gasteiger partial charge in [0.05, 0.1) is 12.2 Å². The Morgan fingerprint density at radius 1 is 1.25 bits per heavy atom. The molecule has 0 aromatic carbocycles. The highest BCUT2D eigenvalue weighted by molar-refractivity contribution is 5.85. The summed E-state index contributed by atoms with van der Waals surface area (Å²) < 4.78 is 0. The molecule has 1 aliphatic carbocycles. The zero-order valence-corrected chi connectivity index (χ0v) is 13.9. The number of rotatable bonds is 5. The smallest absolute Gasteiger partial charge is 0.241 e. The summed E-state index contributed by atoms with van der Waals surface area (Å²) in [5.74, 6) is 2.24. The Hall–Kier alpha value is -0.570. The molecule has 116 valence electrons. The lowest BCUT2D eigenvalue weighted by Gasteiger charge is -2.33. The highest BCUT2D eigenvalue weighted by atomic mass is 16.2. The molecule has 0 aromatic heterocycles. The number of hydrogen-bond donors (Lipinski definition) is 1. The van der Waals surface area contributed by atoms with Crippen molar-refractivity contribution < 1.29 is 4.79 Å². The van der Waals surface area contributed by atoms with Gasteiger partial charge in [-0.2, -0.15) is 0 Å². The van der Waals surface area contributed by atoms with Crippen LogP contribution in [0.3, 0.4) is 0 Å². The number of carbonyl (C=O) groups is 1. The van der Waals surface area contributed by atoms with Crippen LogP contribution in [0.15, 0.2) is 0 Å². The van der Waals surface area contributed by atoms with Gasteiger partial charge in [0.25, 0.3) is 0 Å². The molecule has 0 spiro atoms. The van der Waals surface area contributed by atoms with Crippen LogP contribution in [0.25, 0.3) is 0 Å². The number of amides is 1. The quantitative estimate of drug-likeness (QED) is 0.837. The summed E-state index contributed by atoms with van der Waals surface area (Å²) in [5, 5.41) is 3.60. The first-order chi connectivity index (χ1) is 9.54. The highest BCUT2D eigenvalue weighted by Gasteiger charge is 2.47. The van der Waals surface area contributed by atoms with E-state index in [2.05, 4.69) is 44.8 Å². The number of nitrogens with zero attached hydrogens (tertiary/aromatic N) is 1. The van der Waals surface area contributed by atoms with Crippen LogP contribution in [0.5, 0.6) is 0 Å². The van der Waals surface area contributed by atoms with Crippen molar-refractivity contribution in [2.75, 3.05) is 0 Å². The minimum Gasteiger partial charge on any atom is -0.323 e. The third-order valence-corrected chi connectivity index (χ3v) is 5.89. The number of carbonyl (C=O) groups excluding carboxylic acids is 1. The molecule has 1 saturated heterocycles. The maximum absolute atomic E-state index is 12.9. The topological polar surface area (TPSA) is 32.3 Å². The third-order valence-electron chi connectivity index (χ3n) is 5.89. The van der Waals surface area contributed by atoms with E-state index < -0.39 is 0 Å². The first kappa shape index (κ1) is 15.8. The predicted molar refractivity (Wildman–Crippen MR) is 83.3 cm³/mol. The zero-order valence-electron chi connectivity index (χ0n) is 13.9. The van der Waals surface area contributed by atoms with Crippen molar-refractivity contribution in [3.63, 3.8) is 0 Å². The van der Waals surface area contributed by atoms with Gasteiger partial charge in [0.15, 0.2) is 0 Å². The van der Waals surface area contributed by atoms with Gasteiger partial charge in [0, 0.05) is 6.04 Å². The van der Waals surface area contributed by atoms with E-state index in [1.165, 1.54) is 19.3 Å². The normalized spacial score (nSPS) is 39.5. The summed E-state index contributed by atoms with van der Waals surface area (Å²) in [6, 6.07) is 0.497. The van der Waals surface area contributed by atoms with E-state index in [9.17, 15) is 4.79 Å². The fourth-order valence-electron chi connectivity index (χ4n) is 4.22. The average molecular weight is 280 g/mol. The standard InChI is InChI=1S/C17H32N2O/c1-6-11(4)16-17(20)19(15(8-3)18-16)14-10-9-13(7-2)12(14)5/h11-16,18H,6-10H2,1-5H3. The second-order valence-corrected chi connectivity index (χ2v) is 6.87. The molecule has 20 heavy (non-hydrogen) atoms. The average Bonchev–Trinajstić information content (AvgIpc) is 2.98. The van der Waals surface area contributed by atoms with E-state index in [4.69, 9.17) is 0 Å². The fraction of sp³-hybridized carbons (Fsp3) is 0.941.